The monoisotopic (exact) mass is 298 g/mol. The van der Waals surface area contributed by atoms with Crippen molar-refractivity contribution in [2.75, 3.05) is 19.6 Å². The summed E-state index contributed by atoms with van der Waals surface area (Å²) in [5.41, 5.74) is 1.31. The average Bonchev–Trinajstić information content (AvgIpc) is 3.01. The first-order valence-corrected chi connectivity index (χ1v) is 7.87. The van der Waals surface area contributed by atoms with E-state index in [1.54, 1.807) is 6.26 Å². The van der Waals surface area contributed by atoms with E-state index in [1.165, 1.54) is 5.56 Å². The van der Waals surface area contributed by atoms with Crippen LogP contribution in [0, 0.1) is 5.92 Å². The van der Waals surface area contributed by atoms with Gasteiger partial charge in [0.25, 0.3) is 0 Å². The van der Waals surface area contributed by atoms with E-state index in [0.29, 0.717) is 6.54 Å². The standard InChI is InChI=1S/C18H22N2O2/c21-18(19-10-4-8-17-9-5-11-22-17)16-13-20(14-16)12-15-6-2-1-3-7-15/h1-3,5-7,9,11,16H,4,8,10,12-14H2,(H,19,21). The summed E-state index contributed by atoms with van der Waals surface area (Å²) < 4.78 is 5.27. The van der Waals surface area contributed by atoms with Gasteiger partial charge in [0.1, 0.15) is 5.76 Å². The van der Waals surface area contributed by atoms with Gasteiger partial charge in [0.15, 0.2) is 0 Å². The van der Waals surface area contributed by atoms with Crippen LogP contribution in [0.25, 0.3) is 0 Å². The lowest BCUT2D eigenvalue weighted by Gasteiger charge is -2.38. The lowest BCUT2D eigenvalue weighted by atomic mass is 9.98. The lowest BCUT2D eigenvalue weighted by molar-refractivity contribution is -0.130. The molecule has 1 amide bonds. The van der Waals surface area contributed by atoms with Crippen LogP contribution < -0.4 is 5.32 Å². The molecule has 0 saturated carbocycles. The Labute approximate surface area is 131 Å². The van der Waals surface area contributed by atoms with Gasteiger partial charge >= 0.3 is 0 Å². The third-order valence-electron chi connectivity index (χ3n) is 4.06. The van der Waals surface area contributed by atoms with Crippen molar-refractivity contribution >= 4 is 5.91 Å². The van der Waals surface area contributed by atoms with Crippen LogP contribution in [0.2, 0.25) is 0 Å². The third-order valence-corrected chi connectivity index (χ3v) is 4.06. The number of amides is 1. The van der Waals surface area contributed by atoms with E-state index in [0.717, 1.165) is 38.2 Å². The Hall–Kier alpha value is -2.07. The number of nitrogens with one attached hydrogen (secondary N) is 1. The molecule has 1 aliphatic rings. The molecule has 22 heavy (non-hydrogen) atoms. The number of likely N-dealkylation sites (tertiary alicyclic amines) is 1. The highest BCUT2D eigenvalue weighted by Gasteiger charge is 2.31. The fourth-order valence-corrected chi connectivity index (χ4v) is 2.78. The van der Waals surface area contributed by atoms with E-state index in [1.807, 2.05) is 18.2 Å². The largest absolute Gasteiger partial charge is 0.469 e. The van der Waals surface area contributed by atoms with Gasteiger partial charge in [-0.25, -0.2) is 0 Å². The first-order chi connectivity index (χ1) is 10.8. The second kappa shape index (κ2) is 7.27. The van der Waals surface area contributed by atoms with Crippen LogP contribution >= 0.6 is 0 Å². The zero-order chi connectivity index (χ0) is 15.2. The lowest BCUT2D eigenvalue weighted by Crippen LogP contribution is -2.53. The topological polar surface area (TPSA) is 45.5 Å². The Balaban J connectivity index is 1.30. The first kappa shape index (κ1) is 14.9. The van der Waals surface area contributed by atoms with Crippen molar-refractivity contribution in [2.45, 2.75) is 19.4 Å². The van der Waals surface area contributed by atoms with Gasteiger partial charge in [-0.2, -0.15) is 0 Å². The van der Waals surface area contributed by atoms with E-state index >= 15 is 0 Å². The molecule has 0 bridgehead atoms. The van der Waals surface area contributed by atoms with Gasteiger partial charge in [0.05, 0.1) is 12.2 Å². The van der Waals surface area contributed by atoms with Crippen molar-refractivity contribution in [2.24, 2.45) is 5.92 Å². The molecule has 0 unspecified atom stereocenters. The maximum atomic E-state index is 12.0. The molecule has 1 N–H and O–H groups in total. The molecule has 0 aliphatic carbocycles. The molecular formula is C18H22N2O2. The molecule has 1 fully saturated rings. The molecule has 2 heterocycles. The predicted molar refractivity (Wildman–Crippen MR) is 85.2 cm³/mol. The number of carbonyl (C=O) groups excluding carboxylic acids is 1. The van der Waals surface area contributed by atoms with E-state index in [4.69, 9.17) is 4.42 Å². The Kier molecular flexibility index (Phi) is 4.91. The van der Waals surface area contributed by atoms with Crippen molar-refractivity contribution in [3.05, 3.63) is 60.1 Å². The van der Waals surface area contributed by atoms with E-state index in [9.17, 15) is 4.79 Å². The second-order valence-electron chi connectivity index (χ2n) is 5.85. The Morgan fingerprint density at radius 2 is 2.00 bits per heavy atom. The summed E-state index contributed by atoms with van der Waals surface area (Å²) in [6, 6.07) is 14.2. The Morgan fingerprint density at radius 1 is 1.18 bits per heavy atom. The molecule has 2 aromatic rings. The Bertz CT molecular complexity index is 574. The number of nitrogens with zero attached hydrogens (tertiary/aromatic N) is 1. The molecule has 1 aromatic heterocycles. The van der Waals surface area contributed by atoms with Crippen LogP contribution in [0.4, 0.5) is 0 Å². The third kappa shape index (κ3) is 3.98. The first-order valence-electron chi connectivity index (χ1n) is 7.87. The van der Waals surface area contributed by atoms with Crippen LogP contribution in [-0.4, -0.2) is 30.4 Å². The van der Waals surface area contributed by atoms with Crippen LogP contribution in [0.5, 0.6) is 0 Å². The van der Waals surface area contributed by atoms with Crippen molar-refractivity contribution in [3.8, 4) is 0 Å². The number of hydrogen-bond acceptors (Lipinski definition) is 3. The van der Waals surface area contributed by atoms with Gasteiger partial charge in [-0.15, -0.1) is 0 Å². The zero-order valence-electron chi connectivity index (χ0n) is 12.7. The summed E-state index contributed by atoms with van der Waals surface area (Å²) in [7, 11) is 0. The number of carbonyl (C=O) groups is 1. The normalized spacial score (nSPS) is 15.5. The van der Waals surface area contributed by atoms with Gasteiger partial charge in [-0.05, 0) is 24.1 Å². The number of rotatable bonds is 7. The van der Waals surface area contributed by atoms with Crippen LogP contribution in [0.1, 0.15) is 17.7 Å². The molecule has 1 aliphatic heterocycles. The fourth-order valence-electron chi connectivity index (χ4n) is 2.78. The summed E-state index contributed by atoms with van der Waals surface area (Å²) >= 11 is 0. The highest BCUT2D eigenvalue weighted by atomic mass is 16.3. The van der Waals surface area contributed by atoms with Crippen LogP contribution in [0.15, 0.2) is 53.1 Å². The van der Waals surface area contributed by atoms with Crippen LogP contribution in [-0.2, 0) is 17.8 Å². The van der Waals surface area contributed by atoms with E-state index in [-0.39, 0.29) is 11.8 Å². The minimum atomic E-state index is 0.146. The van der Waals surface area contributed by atoms with E-state index in [2.05, 4.69) is 34.5 Å². The summed E-state index contributed by atoms with van der Waals surface area (Å²) in [5, 5.41) is 3.02. The quantitative estimate of drug-likeness (QED) is 0.799. The molecule has 116 valence electrons. The average molecular weight is 298 g/mol. The number of furan rings is 1. The molecule has 0 atom stereocenters. The smallest absolute Gasteiger partial charge is 0.225 e. The SMILES string of the molecule is O=C(NCCCc1ccco1)C1CN(Cc2ccccc2)C1. The fraction of sp³-hybridized carbons (Fsp3) is 0.389. The minimum absolute atomic E-state index is 0.146. The van der Waals surface area contributed by atoms with E-state index < -0.39 is 0 Å². The Morgan fingerprint density at radius 3 is 2.73 bits per heavy atom. The minimum Gasteiger partial charge on any atom is -0.469 e. The highest BCUT2D eigenvalue weighted by molar-refractivity contribution is 5.79. The van der Waals surface area contributed by atoms with Crippen molar-refractivity contribution in [1.82, 2.24) is 10.2 Å². The summed E-state index contributed by atoms with van der Waals surface area (Å²) in [5.74, 6) is 1.31. The van der Waals surface area contributed by atoms with Crippen molar-refractivity contribution in [3.63, 3.8) is 0 Å². The molecule has 1 saturated heterocycles. The molecule has 4 heteroatoms. The van der Waals surface area contributed by atoms with Crippen molar-refractivity contribution < 1.29 is 9.21 Å². The van der Waals surface area contributed by atoms with Gasteiger partial charge in [-0.3, -0.25) is 9.69 Å². The van der Waals surface area contributed by atoms with Gasteiger partial charge in [-0.1, -0.05) is 30.3 Å². The highest BCUT2D eigenvalue weighted by Crippen LogP contribution is 2.18. The predicted octanol–water partition coefficient (Wildman–Crippen LogP) is 2.46. The molecule has 0 spiro atoms. The van der Waals surface area contributed by atoms with Crippen molar-refractivity contribution in [1.29, 1.82) is 0 Å². The summed E-state index contributed by atoms with van der Waals surface area (Å²) in [6.45, 7) is 3.37. The zero-order valence-corrected chi connectivity index (χ0v) is 12.7. The molecule has 4 nitrogen and oxygen atoms in total. The summed E-state index contributed by atoms with van der Waals surface area (Å²) in [4.78, 5) is 14.3. The maximum Gasteiger partial charge on any atom is 0.225 e. The number of hydrogen-bond donors (Lipinski definition) is 1. The molecular weight excluding hydrogens is 276 g/mol. The molecule has 1 aromatic carbocycles. The summed E-state index contributed by atoms with van der Waals surface area (Å²) in [6.07, 6.45) is 3.47. The number of aryl methyl sites for hydroxylation is 1. The molecule has 3 rings (SSSR count). The second-order valence-corrected chi connectivity index (χ2v) is 5.85. The van der Waals surface area contributed by atoms with Gasteiger partial charge in [0.2, 0.25) is 5.91 Å². The molecule has 0 radical (unpaired) electrons. The maximum absolute atomic E-state index is 12.0. The van der Waals surface area contributed by atoms with Gasteiger partial charge < -0.3 is 9.73 Å². The van der Waals surface area contributed by atoms with Gasteiger partial charge in [0, 0.05) is 32.6 Å². The van der Waals surface area contributed by atoms with Crippen LogP contribution in [0.3, 0.4) is 0 Å². The number of benzene rings is 1.